The van der Waals surface area contributed by atoms with Gasteiger partial charge in [-0.3, -0.25) is 24.4 Å². The number of quaternary nitrogens is 1. The molecule has 11 heteroatoms. The Morgan fingerprint density at radius 1 is 1.19 bits per heavy atom. The molecule has 194 valence electrons. The van der Waals surface area contributed by atoms with Crippen LogP contribution in [0.15, 0.2) is 64.1 Å². The number of amidine groups is 1. The molecule has 1 aromatic carbocycles. The van der Waals surface area contributed by atoms with Crippen LogP contribution in [0.1, 0.15) is 31.4 Å². The van der Waals surface area contributed by atoms with Crippen molar-refractivity contribution >= 4 is 35.2 Å². The third-order valence-corrected chi connectivity index (χ3v) is 7.98. The van der Waals surface area contributed by atoms with Gasteiger partial charge in [-0.25, -0.2) is 4.90 Å². The van der Waals surface area contributed by atoms with Gasteiger partial charge in [-0.1, -0.05) is 0 Å². The highest BCUT2D eigenvalue weighted by molar-refractivity contribution is 7.97. The number of carbonyl (C=O) groups excluding carboxylic acids is 1. The third-order valence-electron chi connectivity index (χ3n) is 7.03. The number of aromatic nitrogens is 2. The van der Waals surface area contributed by atoms with Crippen molar-refractivity contribution in [3.05, 3.63) is 59.9 Å². The Kier molecular flexibility index (Phi) is 6.76. The van der Waals surface area contributed by atoms with Crippen molar-refractivity contribution in [3.63, 3.8) is 0 Å². The van der Waals surface area contributed by atoms with E-state index in [0.717, 1.165) is 77.9 Å². The van der Waals surface area contributed by atoms with E-state index in [0.29, 0.717) is 5.92 Å². The van der Waals surface area contributed by atoms with Crippen molar-refractivity contribution in [2.75, 3.05) is 56.9 Å². The smallest absolute Gasteiger partial charge is 0.233 e. The summed E-state index contributed by atoms with van der Waals surface area (Å²) in [5.74, 6) is 3.49. The molecule has 3 aliphatic heterocycles. The number of piperazine rings is 1. The minimum atomic E-state index is -0.0690. The lowest BCUT2D eigenvalue weighted by atomic mass is 10.3. The zero-order valence-corrected chi connectivity index (χ0v) is 22.1. The molecule has 4 aliphatic rings. The molecule has 1 atom stereocenters. The highest BCUT2D eigenvalue weighted by Crippen LogP contribution is 2.39. The number of carbonyl (C=O) groups is 1. The van der Waals surface area contributed by atoms with Gasteiger partial charge < -0.3 is 10.2 Å². The zero-order valence-electron chi connectivity index (χ0n) is 21.3. The summed E-state index contributed by atoms with van der Waals surface area (Å²) >= 11 is 1.66. The summed E-state index contributed by atoms with van der Waals surface area (Å²) in [6.07, 6.45) is 6.87. The first-order valence-corrected chi connectivity index (χ1v) is 13.7. The van der Waals surface area contributed by atoms with E-state index in [-0.39, 0.29) is 5.91 Å². The number of aromatic amines is 1. The van der Waals surface area contributed by atoms with Crippen LogP contribution >= 0.6 is 11.9 Å². The van der Waals surface area contributed by atoms with Crippen LogP contribution in [0, 0.1) is 0 Å². The Morgan fingerprint density at radius 3 is 2.70 bits per heavy atom. The quantitative estimate of drug-likeness (QED) is 0.395. The van der Waals surface area contributed by atoms with Crippen LogP contribution in [0.3, 0.4) is 0 Å². The van der Waals surface area contributed by atoms with Gasteiger partial charge in [0.05, 0.1) is 6.20 Å². The molecular weight excluding hydrogens is 486 g/mol. The molecular formula is C26H34N9OS+. The number of aliphatic imine (C=N–C) groups is 1. The number of nitrogens with zero attached hydrogens (tertiary/aromatic N) is 5. The lowest BCUT2D eigenvalue weighted by Gasteiger charge is -2.31. The van der Waals surface area contributed by atoms with Crippen molar-refractivity contribution in [2.45, 2.75) is 30.6 Å². The van der Waals surface area contributed by atoms with Crippen LogP contribution in [0.2, 0.25) is 0 Å². The Bertz CT molecular complexity index is 1240. The number of fused-ring (bicyclic) bond motifs is 1. The number of benzene rings is 1. The zero-order chi connectivity index (χ0) is 25.4. The van der Waals surface area contributed by atoms with Crippen molar-refractivity contribution in [2.24, 2.45) is 4.99 Å². The van der Waals surface area contributed by atoms with Gasteiger partial charge in [0, 0.05) is 67.9 Å². The minimum Gasteiger partial charge on any atom is -0.326 e. The van der Waals surface area contributed by atoms with Gasteiger partial charge in [0.15, 0.2) is 5.82 Å². The fourth-order valence-corrected chi connectivity index (χ4v) is 5.70. The summed E-state index contributed by atoms with van der Waals surface area (Å²) < 4.78 is 2.21. The summed E-state index contributed by atoms with van der Waals surface area (Å²) in [7, 11) is 2.18. The van der Waals surface area contributed by atoms with Crippen LogP contribution in [0.4, 0.5) is 11.5 Å². The molecule has 4 heterocycles. The molecule has 1 saturated heterocycles. The predicted molar refractivity (Wildman–Crippen MR) is 146 cm³/mol. The lowest BCUT2D eigenvalue weighted by molar-refractivity contribution is -0.700. The van der Waals surface area contributed by atoms with E-state index in [2.05, 4.69) is 60.4 Å². The Hall–Kier alpha value is -3.12. The first kappa shape index (κ1) is 24.2. The first-order valence-electron chi connectivity index (χ1n) is 12.9. The highest BCUT2D eigenvalue weighted by Gasteiger charge is 2.35. The average Bonchev–Trinajstić information content (AvgIpc) is 3.48. The van der Waals surface area contributed by atoms with Crippen LogP contribution in [0.5, 0.6) is 0 Å². The molecule has 1 unspecified atom stereocenters. The van der Waals surface area contributed by atoms with Crippen molar-refractivity contribution < 1.29 is 9.69 Å². The Balaban J connectivity index is 1.20. The van der Waals surface area contributed by atoms with Gasteiger partial charge in [-0.05, 0) is 56.1 Å². The molecule has 1 saturated carbocycles. The van der Waals surface area contributed by atoms with Gasteiger partial charge in [0.2, 0.25) is 17.6 Å². The molecule has 2 aromatic rings. The summed E-state index contributed by atoms with van der Waals surface area (Å²) in [5.41, 5.74) is 3.13. The number of anilines is 2. The monoisotopic (exact) mass is 520 g/mol. The maximum Gasteiger partial charge on any atom is 0.233 e. The minimum absolute atomic E-state index is 0.0690. The number of hydrogen-bond donors (Lipinski definition) is 4. The summed E-state index contributed by atoms with van der Waals surface area (Å²) in [6, 6.07) is 10.0. The molecule has 2 fully saturated rings. The normalized spacial score (nSPS) is 22.3. The SMILES string of the molecule is CC(=O)Nc1ccc(SN2C=C(Nc3cc(C4CC4)[nH]n3)[NH+]3C=C(CN4CCN(C)CC4)N=C3C2)cc1. The van der Waals surface area contributed by atoms with Crippen LogP contribution in [-0.4, -0.2) is 82.4 Å². The predicted octanol–water partition coefficient (Wildman–Crippen LogP) is 1.87. The maximum atomic E-state index is 11.3. The van der Waals surface area contributed by atoms with Crippen LogP contribution < -0.4 is 15.5 Å². The van der Waals surface area contributed by atoms with E-state index in [4.69, 9.17) is 4.99 Å². The van der Waals surface area contributed by atoms with Crippen molar-refractivity contribution in [3.8, 4) is 0 Å². The van der Waals surface area contributed by atoms with Crippen LogP contribution in [-0.2, 0) is 4.79 Å². The Morgan fingerprint density at radius 2 is 1.97 bits per heavy atom. The number of hydrogen-bond acceptors (Lipinski definition) is 8. The topological polar surface area (TPSA) is 96.3 Å². The fraction of sp³-hybridized carbons (Fsp3) is 0.423. The largest absolute Gasteiger partial charge is 0.326 e. The van der Waals surface area contributed by atoms with Crippen LogP contribution in [0.25, 0.3) is 0 Å². The molecule has 4 N–H and O–H groups in total. The van der Waals surface area contributed by atoms with Gasteiger partial charge >= 0.3 is 0 Å². The maximum absolute atomic E-state index is 11.3. The van der Waals surface area contributed by atoms with Crippen molar-refractivity contribution in [1.29, 1.82) is 0 Å². The number of nitrogens with one attached hydrogen (secondary N) is 4. The van der Waals surface area contributed by atoms with Gasteiger partial charge in [0.25, 0.3) is 0 Å². The number of H-pyrrole nitrogens is 1. The lowest BCUT2D eigenvalue weighted by Crippen LogP contribution is -3.10. The summed E-state index contributed by atoms with van der Waals surface area (Å²) in [6.45, 7) is 7.45. The third kappa shape index (κ3) is 5.90. The second-order valence-corrected chi connectivity index (χ2v) is 11.3. The molecule has 0 spiro atoms. The van der Waals surface area contributed by atoms with E-state index >= 15 is 0 Å². The van der Waals surface area contributed by atoms with E-state index in [9.17, 15) is 4.79 Å². The first-order chi connectivity index (χ1) is 18.0. The van der Waals surface area contributed by atoms with Gasteiger partial charge in [-0.15, -0.1) is 0 Å². The molecule has 0 radical (unpaired) electrons. The molecule has 1 amide bonds. The molecule has 6 rings (SSSR count). The fourth-order valence-electron chi connectivity index (χ4n) is 4.83. The number of rotatable bonds is 8. The number of likely N-dealkylation sites (N-methyl/N-ethyl adjacent to an activating group) is 1. The summed E-state index contributed by atoms with van der Waals surface area (Å²) in [5, 5.41) is 14.1. The summed E-state index contributed by atoms with van der Waals surface area (Å²) in [4.78, 5) is 23.5. The molecule has 1 aromatic heterocycles. The number of amides is 1. The Labute approximate surface area is 221 Å². The van der Waals surface area contributed by atoms with E-state index in [1.807, 2.05) is 24.3 Å². The van der Waals surface area contributed by atoms with E-state index < -0.39 is 0 Å². The van der Waals surface area contributed by atoms with E-state index in [1.54, 1.807) is 11.9 Å². The molecule has 0 bridgehead atoms. The van der Waals surface area contributed by atoms with Crippen molar-refractivity contribution in [1.82, 2.24) is 24.3 Å². The molecule has 10 nitrogen and oxygen atoms in total. The molecule has 37 heavy (non-hydrogen) atoms. The average molecular weight is 521 g/mol. The van der Waals surface area contributed by atoms with Gasteiger partial charge in [0.1, 0.15) is 18.4 Å². The highest BCUT2D eigenvalue weighted by atomic mass is 32.2. The molecule has 1 aliphatic carbocycles. The standard InChI is InChI=1S/C26H33N9OS/c1-18(36)27-20-5-7-22(8-6-20)37-34-16-25-28-21(14-33-11-9-32(2)10-12-33)15-35(25)26(17-34)29-24-13-23(30-31-24)19-3-4-19/h5-8,13,15,17,19H,3-4,9-12,14,16H2,1-2H3,(H,27,36)(H2,29,30,31)/p+1. The second-order valence-electron chi connectivity index (χ2n) is 10.2. The van der Waals surface area contributed by atoms with Gasteiger partial charge in [-0.2, -0.15) is 10.1 Å². The second kappa shape index (κ2) is 10.3. The van der Waals surface area contributed by atoms with E-state index in [1.165, 1.54) is 25.5 Å².